The first-order valence-corrected chi connectivity index (χ1v) is 8.60. The monoisotopic (exact) mass is 318 g/mol. The zero-order chi connectivity index (χ0) is 17.4. The molecule has 0 amide bonds. The number of hydrogen-bond acceptors (Lipinski definition) is 1. The molecular formula is C21H27BN2. The Balaban J connectivity index is 0.000000198. The van der Waals surface area contributed by atoms with Crippen LogP contribution in [0.25, 0.3) is 0 Å². The number of aromatic nitrogens is 2. The lowest BCUT2D eigenvalue weighted by Gasteiger charge is -2.19. The van der Waals surface area contributed by atoms with Crippen molar-refractivity contribution in [1.82, 2.24) is 9.55 Å². The number of imidazole rings is 1. The fourth-order valence-corrected chi connectivity index (χ4v) is 2.69. The number of rotatable bonds is 3. The standard InChI is InChI=1S/C14H15B.C7H12N2/c15-11-14(12-7-3-1-4-8-12)13-9-5-2-6-10-13;1-7(2,3)9-5-4-8-6-9/h1-10,14H,11,15H2;4-6H,1-3H3. The lowest BCUT2D eigenvalue weighted by Crippen LogP contribution is -2.19. The van der Waals surface area contributed by atoms with E-state index in [1.165, 1.54) is 11.1 Å². The van der Waals surface area contributed by atoms with Crippen LogP contribution in [0, 0.1) is 0 Å². The molecule has 3 rings (SSSR count). The third kappa shape index (κ3) is 5.12. The van der Waals surface area contributed by atoms with Gasteiger partial charge in [0.1, 0.15) is 7.85 Å². The van der Waals surface area contributed by atoms with E-state index in [0.29, 0.717) is 5.92 Å². The van der Waals surface area contributed by atoms with Gasteiger partial charge in [0, 0.05) is 23.9 Å². The van der Waals surface area contributed by atoms with Gasteiger partial charge < -0.3 is 4.57 Å². The predicted molar refractivity (Wildman–Crippen MR) is 105 cm³/mol. The highest BCUT2D eigenvalue weighted by Gasteiger charge is 2.10. The van der Waals surface area contributed by atoms with Gasteiger partial charge >= 0.3 is 0 Å². The molecule has 0 bridgehead atoms. The highest BCUT2D eigenvalue weighted by atomic mass is 15.1. The summed E-state index contributed by atoms with van der Waals surface area (Å²) < 4.78 is 2.08. The zero-order valence-electron chi connectivity index (χ0n) is 15.2. The minimum Gasteiger partial charge on any atom is -0.332 e. The Bertz CT molecular complexity index is 646. The molecule has 0 radical (unpaired) electrons. The van der Waals surface area contributed by atoms with Crippen molar-refractivity contribution in [3.8, 4) is 0 Å². The van der Waals surface area contributed by atoms with Crippen LogP contribution in [0.15, 0.2) is 79.4 Å². The Labute approximate surface area is 147 Å². The summed E-state index contributed by atoms with van der Waals surface area (Å²) in [5.41, 5.74) is 2.99. The van der Waals surface area contributed by atoms with Crippen molar-refractivity contribution in [3.05, 3.63) is 90.5 Å². The van der Waals surface area contributed by atoms with Crippen LogP contribution in [0.4, 0.5) is 0 Å². The molecule has 0 fully saturated rings. The molecule has 1 aromatic heterocycles. The maximum Gasteiger partial charge on any atom is 0.102 e. The Morgan fingerprint density at radius 1 is 0.917 bits per heavy atom. The summed E-state index contributed by atoms with van der Waals surface area (Å²) >= 11 is 0. The van der Waals surface area contributed by atoms with Gasteiger partial charge in [-0.15, -0.1) is 0 Å². The Morgan fingerprint density at radius 2 is 1.42 bits per heavy atom. The van der Waals surface area contributed by atoms with Crippen LogP contribution in [-0.4, -0.2) is 17.4 Å². The second-order valence-corrected chi connectivity index (χ2v) is 6.92. The van der Waals surface area contributed by atoms with Crippen molar-refractivity contribution in [1.29, 1.82) is 0 Å². The first kappa shape index (κ1) is 18.1. The number of hydrogen-bond donors (Lipinski definition) is 0. The summed E-state index contributed by atoms with van der Waals surface area (Å²) in [6, 6.07) is 21.4. The van der Waals surface area contributed by atoms with E-state index in [1.807, 2.05) is 12.5 Å². The first-order valence-electron chi connectivity index (χ1n) is 8.60. The third-order valence-electron chi connectivity index (χ3n) is 4.09. The van der Waals surface area contributed by atoms with Crippen LogP contribution in [0.2, 0.25) is 6.32 Å². The Hall–Kier alpha value is -2.29. The van der Waals surface area contributed by atoms with Crippen molar-refractivity contribution in [2.45, 2.75) is 38.5 Å². The molecular weight excluding hydrogens is 291 g/mol. The van der Waals surface area contributed by atoms with Crippen molar-refractivity contribution >= 4 is 7.85 Å². The average molecular weight is 318 g/mol. The van der Waals surface area contributed by atoms with Crippen LogP contribution < -0.4 is 0 Å². The van der Waals surface area contributed by atoms with E-state index < -0.39 is 0 Å². The van der Waals surface area contributed by atoms with Gasteiger partial charge in [-0.05, 0) is 31.9 Å². The van der Waals surface area contributed by atoms with Crippen molar-refractivity contribution < 1.29 is 0 Å². The highest BCUT2D eigenvalue weighted by Crippen LogP contribution is 2.26. The molecule has 124 valence electrons. The third-order valence-corrected chi connectivity index (χ3v) is 4.09. The molecule has 0 atom stereocenters. The van der Waals surface area contributed by atoms with E-state index in [9.17, 15) is 0 Å². The lowest BCUT2D eigenvalue weighted by molar-refractivity contribution is 0.396. The van der Waals surface area contributed by atoms with Crippen molar-refractivity contribution in [3.63, 3.8) is 0 Å². The fraction of sp³-hybridized carbons (Fsp3) is 0.286. The summed E-state index contributed by atoms with van der Waals surface area (Å²) in [5, 5.41) is 0. The van der Waals surface area contributed by atoms with E-state index in [0.717, 1.165) is 6.32 Å². The summed E-state index contributed by atoms with van der Waals surface area (Å²) in [4.78, 5) is 3.95. The molecule has 24 heavy (non-hydrogen) atoms. The largest absolute Gasteiger partial charge is 0.332 e. The van der Waals surface area contributed by atoms with Crippen LogP contribution in [0.1, 0.15) is 37.8 Å². The van der Waals surface area contributed by atoms with Crippen molar-refractivity contribution in [2.24, 2.45) is 0 Å². The fourth-order valence-electron chi connectivity index (χ4n) is 2.69. The zero-order valence-corrected chi connectivity index (χ0v) is 15.2. The average Bonchev–Trinajstić information content (AvgIpc) is 3.13. The second-order valence-electron chi connectivity index (χ2n) is 6.92. The van der Waals surface area contributed by atoms with Gasteiger partial charge in [0.2, 0.25) is 0 Å². The summed E-state index contributed by atoms with van der Waals surface area (Å²) in [5.74, 6) is 0.535. The van der Waals surface area contributed by atoms with Gasteiger partial charge in [-0.25, -0.2) is 4.98 Å². The minimum absolute atomic E-state index is 0.177. The maximum atomic E-state index is 3.95. The molecule has 0 saturated heterocycles. The molecule has 2 nitrogen and oxygen atoms in total. The molecule has 0 unspecified atom stereocenters. The summed E-state index contributed by atoms with van der Waals surface area (Å²) in [6.07, 6.45) is 6.75. The molecule has 0 aliphatic heterocycles. The second kappa shape index (κ2) is 8.53. The summed E-state index contributed by atoms with van der Waals surface area (Å²) in [6.45, 7) is 6.44. The van der Waals surface area contributed by atoms with E-state index in [2.05, 4.69) is 98.8 Å². The Kier molecular flexibility index (Phi) is 6.42. The summed E-state index contributed by atoms with van der Waals surface area (Å²) in [7, 11) is 2.24. The van der Waals surface area contributed by atoms with Gasteiger partial charge in [-0.2, -0.15) is 0 Å². The van der Waals surface area contributed by atoms with Crippen LogP contribution >= 0.6 is 0 Å². The topological polar surface area (TPSA) is 17.8 Å². The number of benzene rings is 2. The smallest absolute Gasteiger partial charge is 0.102 e. The van der Waals surface area contributed by atoms with Gasteiger partial charge in [-0.3, -0.25) is 0 Å². The van der Waals surface area contributed by atoms with Crippen LogP contribution in [-0.2, 0) is 5.54 Å². The normalized spacial score (nSPS) is 11.0. The minimum atomic E-state index is 0.177. The molecule has 2 aromatic carbocycles. The highest BCUT2D eigenvalue weighted by molar-refractivity contribution is 6.09. The predicted octanol–water partition coefficient (Wildman–Crippen LogP) is 4.51. The molecule has 0 aliphatic carbocycles. The van der Waals surface area contributed by atoms with Gasteiger partial charge in [-0.1, -0.05) is 67.0 Å². The lowest BCUT2D eigenvalue weighted by atomic mass is 9.81. The van der Waals surface area contributed by atoms with Gasteiger partial charge in [0.15, 0.2) is 0 Å². The van der Waals surface area contributed by atoms with Crippen LogP contribution in [0.3, 0.4) is 0 Å². The van der Waals surface area contributed by atoms with E-state index in [1.54, 1.807) is 6.20 Å². The van der Waals surface area contributed by atoms with Gasteiger partial charge in [0.25, 0.3) is 0 Å². The van der Waals surface area contributed by atoms with E-state index in [-0.39, 0.29) is 5.54 Å². The van der Waals surface area contributed by atoms with Gasteiger partial charge in [0.05, 0.1) is 6.33 Å². The molecule has 0 saturated carbocycles. The van der Waals surface area contributed by atoms with E-state index >= 15 is 0 Å². The molecule has 0 aliphatic rings. The molecule has 3 heteroatoms. The van der Waals surface area contributed by atoms with Crippen molar-refractivity contribution in [2.75, 3.05) is 0 Å². The van der Waals surface area contributed by atoms with E-state index in [4.69, 9.17) is 0 Å². The quantitative estimate of drug-likeness (QED) is 0.650. The maximum absolute atomic E-state index is 3.95. The first-order chi connectivity index (χ1) is 11.5. The molecule has 1 heterocycles. The Morgan fingerprint density at radius 3 is 1.71 bits per heavy atom. The van der Waals surface area contributed by atoms with Crippen LogP contribution in [0.5, 0.6) is 0 Å². The number of nitrogens with zero attached hydrogens (tertiary/aromatic N) is 2. The SMILES string of the molecule is BCC(c1ccccc1)c1ccccc1.CC(C)(C)n1ccnc1. The molecule has 0 N–H and O–H groups in total. The molecule has 0 spiro atoms. The molecule has 3 aromatic rings.